The van der Waals surface area contributed by atoms with Crippen molar-refractivity contribution in [2.75, 3.05) is 19.7 Å². The first-order valence-corrected chi connectivity index (χ1v) is 8.77. The van der Waals surface area contributed by atoms with Crippen molar-refractivity contribution in [2.24, 2.45) is 5.92 Å². The molecule has 1 fully saturated rings. The Kier molecular flexibility index (Phi) is 6.34. The van der Waals surface area contributed by atoms with Gasteiger partial charge >= 0.3 is 12.1 Å². The van der Waals surface area contributed by atoms with Crippen LogP contribution in [0.15, 0.2) is 12.1 Å². The van der Waals surface area contributed by atoms with E-state index < -0.39 is 23.5 Å². The number of esters is 1. The van der Waals surface area contributed by atoms with E-state index in [9.17, 15) is 14.0 Å². The van der Waals surface area contributed by atoms with Crippen molar-refractivity contribution in [3.8, 4) is 5.75 Å². The second kappa shape index (κ2) is 8.12. The smallest absolute Gasteiger partial charge is 0.407 e. The lowest BCUT2D eigenvalue weighted by Gasteiger charge is -2.30. The first-order valence-electron chi connectivity index (χ1n) is 8.40. The molecule has 1 aromatic carbocycles. The number of carbonyl (C=O) groups is 2. The second-order valence-corrected chi connectivity index (χ2v) is 7.72. The minimum absolute atomic E-state index is 0.00418. The lowest BCUT2D eigenvalue weighted by molar-refractivity contribution is 0.00646. The third-order valence-corrected chi connectivity index (χ3v) is 4.20. The Hall–Kier alpha value is -2.02. The average Bonchev–Trinajstić information content (AvgIpc) is 2.53. The van der Waals surface area contributed by atoms with Crippen LogP contribution in [-0.4, -0.2) is 47.4 Å². The summed E-state index contributed by atoms with van der Waals surface area (Å²) in [5, 5.41) is 9.15. The van der Waals surface area contributed by atoms with E-state index in [-0.39, 0.29) is 28.9 Å². The summed E-state index contributed by atoms with van der Waals surface area (Å²) >= 11 is 6.11. The molecule has 0 aromatic heterocycles. The molecule has 2 rings (SSSR count). The summed E-state index contributed by atoms with van der Waals surface area (Å²) in [6.45, 7) is 6.15. The van der Waals surface area contributed by atoms with Crippen molar-refractivity contribution < 1.29 is 28.6 Å². The Bertz CT molecular complexity index is 689. The molecule has 26 heavy (non-hydrogen) atoms. The zero-order chi connectivity index (χ0) is 19.5. The fourth-order valence-corrected chi connectivity index (χ4v) is 2.93. The van der Waals surface area contributed by atoms with Gasteiger partial charge in [-0.1, -0.05) is 11.6 Å². The first kappa shape index (κ1) is 20.3. The first-order chi connectivity index (χ1) is 12.1. The van der Waals surface area contributed by atoms with Gasteiger partial charge in [0.1, 0.15) is 17.2 Å². The Morgan fingerprint density at radius 1 is 1.38 bits per heavy atom. The molecular formula is C18H23ClFNO5. The maximum absolute atomic E-state index is 14.3. The zero-order valence-electron chi connectivity index (χ0n) is 15.1. The molecule has 1 aromatic rings. The van der Waals surface area contributed by atoms with Gasteiger partial charge in [0, 0.05) is 25.1 Å². The van der Waals surface area contributed by atoms with E-state index in [2.05, 4.69) is 0 Å². The van der Waals surface area contributed by atoms with Crippen molar-refractivity contribution >= 4 is 23.7 Å². The molecule has 1 N–H and O–H groups in total. The molecule has 6 nitrogen and oxygen atoms in total. The van der Waals surface area contributed by atoms with E-state index >= 15 is 0 Å². The summed E-state index contributed by atoms with van der Waals surface area (Å²) < 4.78 is 25.0. The monoisotopic (exact) mass is 387 g/mol. The summed E-state index contributed by atoms with van der Waals surface area (Å²) in [6, 6.07) is 2.24. The molecule has 0 aliphatic carbocycles. The van der Waals surface area contributed by atoms with Crippen LogP contribution in [0.3, 0.4) is 0 Å². The molecule has 0 bridgehead atoms. The summed E-state index contributed by atoms with van der Waals surface area (Å²) in [6.07, 6.45) is 0.611. The van der Waals surface area contributed by atoms with Crippen LogP contribution in [0.1, 0.15) is 44.0 Å². The van der Waals surface area contributed by atoms with Gasteiger partial charge in [0.25, 0.3) is 0 Å². The van der Waals surface area contributed by atoms with E-state index in [4.69, 9.17) is 26.2 Å². The minimum atomic E-state index is -0.958. The Morgan fingerprint density at radius 2 is 2.08 bits per heavy atom. The van der Waals surface area contributed by atoms with Gasteiger partial charge in [-0.2, -0.15) is 0 Å². The van der Waals surface area contributed by atoms with Gasteiger partial charge in [0.05, 0.1) is 17.2 Å². The lowest BCUT2D eigenvalue weighted by Crippen LogP contribution is -2.40. The molecule has 1 heterocycles. The minimum Gasteiger partial charge on any atom is -0.492 e. The van der Waals surface area contributed by atoms with Crippen LogP contribution in [0.5, 0.6) is 5.75 Å². The van der Waals surface area contributed by atoms with Crippen molar-refractivity contribution in [1.82, 2.24) is 4.90 Å². The topological polar surface area (TPSA) is 76.1 Å². The van der Waals surface area contributed by atoms with Gasteiger partial charge in [-0.05, 0) is 39.7 Å². The van der Waals surface area contributed by atoms with E-state index in [0.717, 1.165) is 18.9 Å². The van der Waals surface area contributed by atoms with Crippen LogP contribution >= 0.6 is 11.6 Å². The highest BCUT2D eigenvalue weighted by atomic mass is 35.5. The standard InChI is InChI=1S/C18H23ClFNO5/c1-18(2,3)26-16(22)12-7-13(19)15(8-14(12)20)25-10-11-5-4-6-21(9-11)17(23)24/h7-8,11H,4-6,9-10H2,1-3H3,(H,23,24)/t11-/m1/s1. The maximum Gasteiger partial charge on any atom is 0.407 e. The predicted octanol–water partition coefficient (Wildman–Crippen LogP) is 4.20. The van der Waals surface area contributed by atoms with Crippen LogP contribution in [0, 0.1) is 11.7 Å². The summed E-state index contributed by atoms with van der Waals surface area (Å²) in [5.41, 5.74) is -1.01. The third kappa shape index (κ3) is 5.49. The number of benzene rings is 1. The fourth-order valence-electron chi connectivity index (χ4n) is 2.71. The highest BCUT2D eigenvalue weighted by Crippen LogP contribution is 2.30. The maximum atomic E-state index is 14.3. The van der Waals surface area contributed by atoms with Crippen molar-refractivity contribution in [2.45, 2.75) is 39.2 Å². The molecule has 1 amide bonds. The van der Waals surface area contributed by atoms with Crippen LogP contribution in [-0.2, 0) is 4.74 Å². The lowest BCUT2D eigenvalue weighted by atomic mass is 9.99. The Morgan fingerprint density at radius 3 is 2.69 bits per heavy atom. The van der Waals surface area contributed by atoms with E-state index in [1.54, 1.807) is 20.8 Å². The van der Waals surface area contributed by atoms with Gasteiger partial charge in [-0.25, -0.2) is 14.0 Å². The molecule has 1 saturated heterocycles. The molecular weight excluding hydrogens is 365 g/mol. The number of carboxylic acid groups (broad SMARTS) is 1. The quantitative estimate of drug-likeness (QED) is 0.783. The number of carbonyl (C=O) groups excluding carboxylic acids is 1. The molecule has 0 radical (unpaired) electrons. The van der Waals surface area contributed by atoms with Crippen LogP contribution < -0.4 is 4.74 Å². The number of ether oxygens (including phenoxy) is 2. The highest BCUT2D eigenvalue weighted by molar-refractivity contribution is 6.32. The van der Waals surface area contributed by atoms with Crippen LogP contribution in [0.2, 0.25) is 5.02 Å². The molecule has 1 aliphatic heterocycles. The van der Waals surface area contributed by atoms with Gasteiger partial charge in [-0.15, -0.1) is 0 Å². The van der Waals surface area contributed by atoms with Crippen molar-refractivity contribution in [1.29, 1.82) is 0 Å². The number of likely N-dealkylation sites (tertiary alicyclic amines) is 1. The van der Waals surface area contributed by atoms with Gasteiger partial charge < -0.3 is 19.5 Å². The molecule has 0 spiro atoms. The number of halogens is 2. The molecule has 1 atom stereocenters. The number of rotatable bonds is 4. The van der Waals surface area contributed by atoms with Gasteiger partial charge in [0.15, 0.2) is 0 Å². The van der Waals surface area contributed by atoms with E-state index in [0.29, 0.717) is 13.1 Å². The highest BCUT2D eigenvalue weighted by Gasteiger charge is 2.25. The van der Waals surface area contributed by atoms with Gasteiger partial charge in [0.2, 0.25) is 0 Å². The number of hydrogen-bond acceptors (Lipinski definition) is 4. The zero-order valence-corrected chi connectivity index (χ0v) is 15.8. The summed E-state index contributed by atoms with van der Waals surface area (Å²) in [7, 11) is 0. The number of amides is 1. The van der Waals surface area contributed by atoms with Gasteiger partial charge in [-0.3, -0.25) is 0 Å². The molecule has 8 heteroatoms. The molecule has 0 saturated carbocycles. The third-order valence-electron chi connectivity index (χ3n) is 3.90. The normalized spacial score (nSPS) is 17.7. The van der Waals surface area contributed by atoms with E-state index in [1.807, 2.05) is 0 Å². The fraction of sp³-hybridized carbons (Fsp3) is 0.556. The Balaban J connectivity index is 2.03. The summed E-state index contributed by atoms with van der Waals surface area (Å²) in [4.78, 5) is 24.4. The SMILES string of the molecule is CC(C)(C)OC(=O)c1cc(Cl)c(OC[C@@H]2CCCN(C(=O)O)C2)cc1F. The number of hydrogen-bond donors (Lipinski definition) is 1. The van der Waals surface area contributed by atoms with Crippen LogP contribution in [0.4, 0.5) is 9.18 Å². The predicted molar refractivity (Wildman–Crippen MR) is 94.4 cm³/mol. The largest absolute Gasteiger partial charge is 0.492 e. The van der Waals surface area contributed by atoms with Crippen LogP contribution in [0.25, 0.3) is 0 Å². The van der Waals surface area contributed by atoms with Crippen molar-refractivity contribution in [3.63, 3.8) is 0 Å². The second-order valence-electron chi connectivity index (χ2n) is 7.31. The van der Waals surface area contributed by atoms with Crippen molar-refractivity contribution in [3.05, 3.63) is 28.5 Å². The number of nitrogens with zero attached hydrogens (tertiary/aromatic N) is 1. The average molecular weight is 388 g/mol. The molecule has 1 aliphatic rings. The van der Waals surface area contributed by atoms with E-state index in [1.165, 1.54) is 11.0 Å². The summed E-state index contributed by atoms with van der Waals surface area (Å²) in [5.74, 6) is -1.46. The Labute approximate surface area is 156 Å². The molecule has 0 unspecified atom stereocenters. The molecule has 144 valence electrons. The number of piperidine rings is 1.